The Balaban J connectivity index is 0.000000638. The van der Waals surface area contributed by atoms with E-state index in [4.69, 9.17) is 21.5 Å². The molecule has 3 aromatic rings. The van der Waals surface area contributed by atoms with Crippen molar-refractivity contribution in [2.45, 2.75) is 17.4 Å². The number of hydrogen-bond acceptors (Lipinski definition) is 9. The molecule has 0 saturated carbocycles. The number of hydrogen-bond donors (Lipinski definition) is 4. The van der Waals surface area contributed by atoms with Crippen molar-refractivity contribution in [3.8, 4) is 5.75 Å². The molecule has 0 fully saturated rings. The Morgan fingerprint density at radius 2 is 1.55 bits per heavy atom. The maximum Gasteiger partial charge on any atom is 0.573 e. The Labute approximate surface area is 214 Å². The third kappa shape index (κ3) is 9.52. The van der Waals surface area contributed by atoms with Crippen LogP contribution in [-0.2, 0) is 14.8 Å². The van der Waals surface area contributed by atoms with E-state index in [1.54, 1.807) is 12.1 Å². The lowest BCUT2D eigenvalue weighted by Gasteiger charge is -2.16. The number of ether oxygens (including phenoxy) is 1. The number of nitrogens with zero attached hydrogens (tertiary/aromatic N) is 3. The van der Waals surface area contributed by atoms with Crippen molar-refractivity contribution in [2.75, 3.05) is 17.7 Å². The van der Waals surface area contributed by atoms with E-state index < -0.39 is 34.3 Å². The van der Waals surface area contributed by atoms with Gasteiger partial charge in [-0.05, 0) is 37.4 Å². The second-order valence-electron chi connectivity index (χ2n) is 6.62. The van der Waals surface area contributed by atoms with Crippen molar-refractivity contribution in [1.82, 2.24) is 19.7 Å². The summed E-state index contributed by atoms with van der Waals surface area (Å²) in [6.07, 6.45) is -7.50. The van der Waals surface area contributed by atoms with Gasteiger partial charge in [0.25, 0.3) is 0 Å². The first-order valence-electron chi connectivity index (χ1n) is 9.61. The predicted molar refractivity (Wildman–Crippen MR) is 121 cm³/mol. The highest BCUT2D eigenvalue weighted by atomic mass is 35.5. The Kier molecular flexibility index (Phi) is 9.65. The summed E-state index contributed by atoms with van der Waals surface area (Å²) in [5.41, 5.74) is -0.275. The standard InChI is InChI=1S/C17H14ClF3N6O3S.C2HF3O2/c1-22-31(28,29)11-3-4-13(30-17(19,20)21)12(6-11)26-15-7-16(25-9-24-15)27-14-5-2-10(18)8-23-14;3-2(4,5)1(6)7/h2-9,22H,1H3,(H2,23,24,25,26,27);(H,6,7). The van der Waals surface area contributed by atoms with Gasteiger partial charge < -0.3 is 20.5 Å². The SMILES string of the molecule is CNS(=O)(=O)c1ccc(OC(F)(F)F)c(Nc2cc(Nc3ccc(Cl)cn3)ncn2)c1.O=C(O)C(F)(F)F. The van der Waals surface area contributed by atoms with Gasteiger partial charge in [-0.3, -0.25) is 0 Å². The van der Waals surface area contributed by atoms with E-state index in [0.717, 1.165) is 24.5 Å². The maximum atomic E-state index is 12.8. The molecule has 0 bridgehead atoms. The number of pyridine rings is 1. The van der Waals surface area contributed by atoms with Gasteiger partial charge in [-0.1, -0.05) is 11.6 Å². The lowest BCUT2D eigenvalue weighted by atomic mass is 10.3. The topological polar surface area (TPSA) is 155 Å². The first-order chi connectivity index (χ1) is 17.5. The second kappa shape index (κ2) is 12.1. The fourth-order valence-electron chi connectivity index (χ4n) is 2.32. The van der Waals surface area contributed by atoms with Gasteiger partial charge >= 0.3 is 18.5 Å². The van der Waals surface area contributed by atoms with Crippen molar-refractivity contribution in [1.29, 1.82) is 0 Å². The summed E-state index contributed by atoms with van der Waals surface area (Å²) in [5.74, 6) is -2.65. The smallest absolute Gasteiger partial charge is 0.475 e. The van der Waals surface area contributed by atoms with Gasteiger partial charge in [0.15, 0.2) is 5.75 Å². The number of aliphatic carboxylic acids is 1. The number of benzene rings is 1. The van der Waals surface area contributed by atoms with E-state index in [9.17, 15) is 34.8 Å². The second-order valence-corrected chi connectivity index (χ2v) is 8.94. The van der Waals surface area contributed by atoms with E-state index >= 15 is 0 Å². The summed E-state index contributed by atoms with van der Waals surface area (Å²) in [6.45, 7) is 0. The molecular weight excluding hydrogens is 574 g/mol. The van der Waals surface area contributed by atoms with Crippen LogP contribution >= 0.6 is 11.6 Å². The van der Waals surface area contributed by atoms with Crippen LogP contribution in [-0.4, -0.2) is 54.0 Å². The van der Waals surface area contributed by atoms with Gasteiger partial charge in [0.2, 0.25) is 10.0 Å². The van der Waals surface area contributed by atoms with E-state index in [2.05, 4.69) is 35.0 Å². The van der Waals surface area contributed by atoms with Crippen LogP contribution < -0.4 is 20.1 Å². The number of halogens is 7. The normalized spacial score (nSPS) is 11.7. The highest BCUT2D eigenvalue weighted by Gasteiger charge is 2.38. The molecule has 1 aromatic carbocycles. The average molecular weight is 589 g/mol. The summed E-state index contributed by atoms with van der Waals surface area (Å²) < 4.78 is 100. The Morgan fingerprint density at radius 1 is 0.947 bits per heavy atom. The molecule has 0 spiro atoms. The minimum Gasteiger partial charge on any atom is -0.475 e. The molecule has 4 N–H and O–H groups in total. The van der Waals surface area contributed by atoms with Gasteiger partial charge in [0, 0.05) is 12.3 Å². The van der Waals surface area contributed by atoms with E-state index in [1.165, 1.54) is 19.3 Å². The molecule has 2 aromatic heterocycles. The molecule has 11 nitrogen and oxygen atoms in total. The molecule has 38 heavy (non-hydrogen) atoms. The van der Waals surface area contributed by atoms with Crippen LogP contribution in [0.25, 0.3) is 0 Å². The number of anilines is 4. The molecule has 0 radical (unpaired) electrons. The van der Waals surface area contributed by atoms with Crippen molar-refractivity contribution >= 4 is 50.7 Å². The molecule has 0 amide bonds. The van der Waals surface area contributed by atoms with E-state index in [0.29, 0.717) is 10.8 Å². The van der Waals surface area contributed by atoms with Gasteiger partial charge in [0.1, 0.15) is 23.8 Å². The highest BCUT2D eigenvalue weighted by Crippen LogP contribution is 2.34. The zero-order valence-electron chi connectivity index (χ0n) is 18.6. The number of rotatable bonds is 7. The third-order valence-electron chi connectivity index (χ3n) is 3.91. The lowest BCUT2D eigenvalue weighted by molar-refractivity contribution is -0.274. The first-order valence-corrected chi connectivity index (χ1v) is 11.5. The minimum atomic E-state index is -5.08. The van der Waals surface area contributed by atoms with Gasteiger partial charge in [-0.25, -0.2) is 32.9 Å². The minimum absolute atomic E-state index is 0.0671. The van der Waals surface area contributed by atoms with E-state index in [-0.39, 0.29) is 22.2 Å². The summed E-state index contributed by atoms with van der Waals surface area (Å²) in [6, 6.07) is 7.44. The molecule has 19 heteroatoms. The highest BCUT2D eigenvalue weighted by molar-refractivity contribution is 7.89. The Morgan fingerprint density at radius 3 is 2.05 bits per heavy atom. The van der Waals surface area contributed by atoms with Crippen LogP contribution in [0.4, 0.5) is 49.5 Å². The van der Waals surface area contributed by atoms with Crippen molar-refractivity contribution in [2.24, 2.45) is 0 Å². The third-order valence-corrected chi connectivity index (χ3v) is 5.55. The molecule has 0 atom stereocenters. The zero-order valence-corrected chi connectivity index (χ0v) is 20.2. The number of carboxylic acids is 1. The molecule has 2 heterocycles. The van der Waals surface area contributed by atoms with Crippen molar-refractivity contribution in [3.63, 3.8) is 0 Å². The molecule has 0 unspecified atom stereocenters. The van der Waals surface area contributed by atoms with Gasteiger partial charge in [0.05, 0.1) is 15.6 Å². The fourth-order valence-corrected chi connectivity index (χ4v) is 3.19. The molecule has 0 aliphatic rings. The van der Waals surface area contributed by atoms with E-state index in [1.807, 2.05) is 0 Å². The monoisotopic (exact) mass is 588 g/mol. The summed E-state index contributed by atoms with van der Waals surface area (Å²) in [4.78, 5) is 20.6. The van der Waals surface area contributed by atoms with Crippen molar-refractivity contribution in [3.05, 3.63) is 53.9 Å². The molecule has 0 saturated heterocycles. The van der Waals surface area contributed by atoms with Crippen LogP contribution in [0.5, 0.6) is 5.75 Å². The summed E-state index contributed by atoms with van der Waals surface area (Å²) in [7, 11) is -2.74. The quantitative estimate of drug-likeness (QED) is 0.291. The summed E-state index contributed by atoms with van der Waals surface area (Å²) >= 11 is 5.78. The maximum absolute atomic E-state index is 12.8. The number of carboxylic acid groups (broad SMARTS) is 1. The van der Waals surface area contributed by atoms with Crippen LogP contribution in [0.1, 0.15) is 0 Å². The lowest BCUT2D eigenvalue weighted by Crippen LogP contribution is -2.21. The Hall–Kier alpha value is -3.90. The number of aromatic nitrogens is 3. The molecular formula is C19H15ClF6N6O5S. The summed E-state index contributed by atoms with van der Waals surface area (Å²) in [5, 5.41) is 13.1. The zero-order chi connectivity index (χ0) is 28.7. The first kappa shape index (κ1) is 30.3. The van der Waals surface area contributed by atoms with Crippen LogP contribution in [0.3, 0.4) is 0 Å². The van der Waals surface area contributed by atoms with Crippen LogP contribution in [0.2, 0.25) is 5.02 Å². The molecule has 3 rings (SSSR count). The molecule has 0 aliphatic carbocycles. The van der Waals surface area contributed by atoms with Gasteiger partial charge in [-0.15, -0.1) is 13.2 Å². The number of carbonyl (C=O) groups is 1. The van der Waals surface area contributed by atoms with Crippen molar-refractivity contribution < 1.29 is 49.4 Å². The number of sulfonamides is 1. The molecule has 0 aliphatic heterocycles. The number of nitrogens with one attached hydrogen (secondary N) is 3. The van der Waals surface area contributed by atoms with Crippen LogP contribution in [0, 0.1) is 0 Å². The number of alkyl halides is 6. The molecule has 206 valence electrons. The van der Waals surface area contributed by atoms with Crippen LogP contribution in [0.15, 0.2) is 53.8 Å². The average Bonchev–Trinajstić information content (AvgIpc) is 2.81. The van der Waals surface area contributed by atoms with Gasteiger partial charge in [-0.2, -0.15) is 13.2 Å². The fraction of sp³-hybridized carbons (Fsp3) is 0.158. The predicted octanol–water partition coefficient (Wildman–Crippen LogP) is 4.45. The largest absolute Gasteiger partial charge is 0.573 e. The Bertz CT molecular complexity index is 1370.